The van der Waals surface area contributed by atoms with E-state index in [1.807, 2.05) is 43.5 Å². The smallest absolute Gasteiger partial charge is 0.0961 e. The molecule has 1 saturated carbocycles. The summed E-state index contributed by atoms with van der Waals surface area (Å²) in [5.41, 5.74) is 5.01. The van der Waals surface area contributed by atoms with Crippen LogP contribution >= 0.6 is 0 Å². The highest BCUT2D eigenvalue weighted by atomic mass is 14.8. The highest BCUT2D eigenvalue weighted by molar-refractivity contribution is 5.92. The van der Waals surface area contributed by atoms with E-state index in [-0.39, 0.29) is 0 Å². The molecule has 0 unspecified atom stereocenters. The van der Waals surface area contributed by atoms with Gasteiger partial charge in [-0.05, 0) is 44.0 Å². The Balaban J connectivity index is 1.70. The molecule has 1 aliphatic rings. The molecule has 0 atom stereocenters. The second-order valence-electron chi connectivity index (χ2n) is 6.88. The van der Waals surface area contributed by atoms with Crippen molar-refractivity contribution >= 4 is 22.8 Å². The number of benzene rings is 1. The number of aromatic nitrogens is 2. The van der Waals surface area contributed by atoms with Gasteiger partial charge in [0.2, 0.25) is 0 Å². The van der Waals surface area contributed by atoms with Crippen LogP contribution in [-0.2, 0) is 0 Å². The predicted octanol–water partition coefficient (Wildman–Crippen LogP) is 5.74. The maximum absolute atomic E-state index is 4.99. The van der Waals surface area contributed by atoms with Gasteiger partial charge in [-0.1, -0.05) is 43.5 Å². The highest BCUT2D eigenvalue weighted by Crippen LogP contribution is 2.33. The van der Waals surface area contributed by atoms with Gasteiger partial charge >= 0.3 is 0 Å². The number of fused-ring (bicyclic) bond motifs is 1. The number of nitrogens with zero attached hydrogens (tertiary/aromatic N) is 3. The van der Waals surface area contributed by atoms with E-state index in [2.05, 4.69) is 28.2 Å². The fraction of sp³-hybridized carbons (Fsp3) is 0.318. The molecule has 1 aromatic carbocycles. The van der Waals surface area contributed by atoms with Gasteiger partial charge in [0, 0.05) is 22.7 Å². The first-order chi connectivity index (χ1) is 12.3. The minimum atomic E-state index is 0.605. The summed E-state index contributed by atoms with van der Waals surface area (Å²) in [5.74, 6) is 0.605. The number of aryl methyl sites for hydroxylation is 1. The van der Waals surface area contributed by atoms with Crippen molar-refractivity contribution in [2.24, 2.45) is 4.99 Å². The molecule has 1 fully saturated rings. The van der Waals surface area contributed by atoms with E-state index in [1.54, 1.807) is 0 Å². The second kappa shape index (κ2) is 7.14. The van der Waals surface area contributed by atoms with Gasteiger partial charge in [0.15, 0.2) is 0 Å². The van der Waals surface area contributed by atoms with Crippen LogP contribution in [-0.4, -0.2) is 16.2 Å². The van der Waals surface area contributed by atoms with Crippen molar-refractivity contribution < 1.29 is 0 Å². The van der Waals surface area contributed by atoms with Crippen LogP contribution in [0.2, 0.25) is 0 Å². The third-order valence-corrected chi connectivity index (χ3v) is 4.99. The lowest BCUT2D eigenvalue weighted by atomic mass is 9.86. The highest BCUT2D eigenvalue weighted by Gasteiger charge is 2.17. The van der Waals surface area contributed by atoms with Crippen molar-refractivity contribution in [3.8, 4) is 0 Å². The van der Waals surface area contributed by atoms with Gasteiger partial charge in [-0.25, -0.2) is 0 Å². The Hall–Kier alpha value is -2.55. The Morgan fingerprint density at radius 3 is 2.60 bits per heavy atom. The van der Waals surface area contributed by atoms with Crippen LogP contribution < -0.4 is 0 Å². The topological polar surface area (TPSA) is 38.1 Å². The summed E-state index contributed by atoms with van der Waals surface area (Å²) in [4.78, 5) is 14.2. The molecule has 126 valence electrons. The Bertz CT molecular complexity index is 908. The van der Waals surface area contributed by atoms with Crippen molar-refractivity contribution in [2.75, 3.05) is 0 Å². The molecule has 25 heavy (non-hydrogen) atoms. The summed E-state index contributed by atoms with van der Waals surface area (Å²) in [6.07, 6.45) is 8.36. The summed E-state index contributed by atoms with van der Waals surface area (Å²) in [5, 5.41) is 1.14. The molecular formula is C22H23N3. The summed E-state index contributed by atoms with van der Waals surface area (Å²) in [6, 6.07) is 16.6. The lowest BCUT2D eigenvalue weighted by molar-refractivity contribution is 0.437. The van der Waals surface area contributed by atoms with Gasteiger partial charge in [-0.3, -0.25) is 15.0 Å². The number of hydrogen-bond acceptors (Lipinski definition) is 3. The van der Waals surface area contributed by atoms with E-state index in [0.717, 1.165) is 28.0 Å². The summed E-state index contributed by atoms with van der Waals surface area (Å²) in [6.45, 7) is 1.99. The third-order valence-electron chi connectivity index (χ3n) is 4.99. The molecule has 0 bridgehead atoms. The van der Waals surface area contributed by atoms with Crippen LogP contribution in [0.1, 0.15) is 55.1 Å². The molecule has 3 aromatic rings. The van der Waals surface area contributed by atoms with Crippen molar-refractivity contribution in [1.82, 2.24) is 9.97 Å². The van der Waals surface area contributed by atoms with Gasteiger partial charge in [-0.2, -0.15) is 0 Å². The monoisotopic (exact) mass is 329 g/mol. The molecule has 0 N–H and O–H groups in total. The maximum Gasteiger partial charge on any atom is 0.0961 e. The number of para-hydroxylation sites is 1. The minimum absolute atomic E-state index is 0.605. The Labute approximate surface area is 148 Å². The molecule has 1 aliphatic carbocycles. The molecule has 0 saturated heterocycles. The van der Waals surface area contributed by atoms with E-state index < -0.39 is 0 Å². The van der Waals surface area contributed by atoms with E-state index in [9.17, 15) is 0 Å². The van der Waals surface area contributed by atoms with Crippen LogP contribution in [0.15, 0.2) is 53.5 Å². The Morgan fingerprint density at radius 1 is 0.920 bits per heavy atom. The summed E-state index contributed by atoms with van der Waals surface area (Å²) >= 11 is 0. The molecule has 2 aromatic heterocycles. The average molecular weight is 329 g/mol. The van der Waals surface area contributed by atoms with Crippen LogP contribution in [0.25, 0.3) is 10.9 Å². The van der Waals surface area contributed by atoms with Gasteiger partial charge in [0.05, 0.1) is 23.1 Å². The van der Waals surface area contributed by atoms with Crippen LogP contribution in [0, 0.1) is 6.92 Å². The third kappa shape index (κ3) is 3.60. The average Bonchev–Trinajstić information content (AvgIpc) is 2.67. The van der Waals surface area contributed by atoms with Gasteiger partial charge in [0.1, 0.15) is 0 Å². The maximum atomic E-state index is 4.99. The molecule has 0 radical (unpaired) electrons. The van der Waals surface area contributed by atoms with Crippen LogP contribution in [0.4, 0.5) is 5.69 Å². The first-order valence-electron chi connectivity index (χ1n) is 9.17. The van der Waals surface area contributed by atoms with Crippen LogP contribution in [0.3, 0.4) is 0 Å². The van der Waals surface area contributed by atoms with E-state index in [1.165, 1.54) is 37.8 Å². The largest absolute Gasteiger partial charge is 0.252 e. The fourth-order valence-corrected chi connectivity index (χ4v) is 3.65. The lowest BCUT2D eigenvalue weighted by Crippen LogP contribution is -2.06. The zero-order valence-electron chi connectivity index (χ0n) is 14.7. The number of hydrogen-bond donors (Lipinski definition) is 0. The molecule has 0 spiro atoms. The molecule has 0 amide bonds. The predicted molar refractivity (Wildman–Crippen MR) is 104 cm³/mol. The zero-order chi connectivity index (χ0) is 17.1. The quantitative estimate of drug-likeness (QED) is 0.575. The Kier molecular flexibility index (Phi) is 4.55. The molecule has 0 aliphatic heterocycles. The number of aliphatic imine (C=N–C) groups is 1. The molecule has 2 heterocycles. The SMILES string of the molecule is Cc1cccc(C=Nc2cccc3ccc(C4CCCCC4)nc23)n1. The normalized spacial score (nSPS) is 15.9. The standard InChI is InChI=1S/C22H23N3/c1-16-7-5-11-19(24-16)15-23-21-12-6-10-18-13-14-20(25-22(18)21)17-8-3-2-4-9-17/h5-7,10-15,17H,2-4,8-9H2,1H3. The van der Waals surface area contributed by atoms with Crippen molar-refractivity contribution in [1.29, 1.82) is 0 Å². The minimum Gasteiger partial charge on any atom is -0.252 e. The fourth-order valence-electron chi connectivity index (χ4n) is 3.65. The van der Waals surface area contributed by atoms with Gasteiger partial charge in [0.25, 0.3) is 0 Å². The number of rotatable bonds is 3. The van der Waals surface area contributed by atoms with E-state index in [4.69, 9.17) is 4.98 Å². The van der Waals surface area contributed by atoms with Crippen molar-refractivity contribution in [2.45, 2.75) is 44.9 Å². The van der Waals surface area contributed by atoms with Crippen molar-refractivity contribution in [3.63, 3.8) is 0 Å². The molecular weight excluding hydrogens is 306 g/mol. The first kappa shape index (κ1) is 15.9. The van der Waals surface area contributed by atoms with Gasteiger partial charge < -0.3 is 0 Å². The van der Waals surface area contributed by atoms with Crippen molar-refractivity contribution in [3.05, 3.63) is 65.6 Å². The van der Waals surface area contributed by atoms with Gasteiger partial charge in [-0.15, -0.1) is 0 Å². The molecule has 4 rings (SSSR count). The van der Waals surface area contributed by atoms with E-state index >= 15 is 0 Å². The first-order valence-corrected chi connectivity index (χ1v) is 9.17. The zero-order valence-corrected chi connectivity index (χ0v) is 14.7. The molecule has 3 nitrogen and oxygen atoms in total. The second-order valence-corrected chi connectivity index (χ2v) is 6.88. The number of pyridine rings is 2. The lowest BCUT2D eigenvalue weighted by Gasteiger charge is -2.21. The Morgan fingerprint density at radius 2 is 1.76 bits per heavy atom. The molecule has 3 heteroatoms. The summed E-state index contributed by atoms with van der Waals surface area (Å²) in [7, 11) is 0. The van der Waals surface area contributed by atoms with Crippen LogP contribution in [0.5, 0.6) is 0 Å². The summed E-state index contributed by atoms with van der Waals surface area (Å²) < 4.78 is 0. The van der Waals surface area contributed by atoms with E-state index in [0.29, 0.717) is 5.92 Å².